The Morgan fingerprint density at radius 2 is 0.513 bits per heavy atom. The number of unbranched alkanes of at least 4 members (excludes halogenated alkanes) is 6. The molecule has 2 atom stereocenters. The Balaban J connectivity index is 0.000000215. The minimum atomic E-state index is -5.18. The molecule has 0 saturated heterocycles. The predicted molar refractivity (Wildman–Crippen MR) is 562 cm³/mol. The Morgan fingerprint density at radius 3 is 0.847 bits per heavy atom. The van der Waals surface area contributed by atoms with E-state index < -0.39 is 63.2 Å². The number of halogens is 12. The van der Waals surface area contributed by atoms with Crippen molar-refractivity contribution in [2.24, 2.45) is 0 Å². The molecule has 150 heavy (non-hydrogen) atoms. The fourth-order valence-corrected chi connectivity index (χ4v) is 21.8. The molecule has 0 aliphatic heterocycles. The van der Waals surface area contributed by atoms with E-state index in [0.29, 0.717) is 91.2 Å². The van der Waals surface area contributed by atoms with E-state index >= 15 is 26.3 Å². The summed E-state index contributed by atoms with van der Waals surface area (Å²) in [6, 6.07) is 111. The van der Waals surface area contributed by atoms with Crippen molar-refractivity contribution in [2.45, 2.75) is 138 Å². The molecule has 758 valence electrons. The van der Waals surface area contributed by atoms with Gasteiger partial charge in [-0.25, -0.2) is 0 Å². The zero-order valence-corrected chi connectivity index (χ0v) is 82.0. The van der Waals surface area contributed by atoms with Gasteiger partial charge in [-0.3, -0.25) is 14.4 Å². The lowest BCUT2D eigenvalue weighted by molar-refractivity contribution is -0.144. The minimum Gasteiger partial charge on any atom is -0.508 e. The number of carbonyl (C=O) groups is 3. The minimum absolute atomic E-state index is 0.101. The van der Waals surface area contributed by atoms with E-state index in [0.717, 1.165) is 167 Å². The van der Waals surface area contributed by atoms with Crippen molar-refractivity contribution in [3.05, 3.63) is 477 Å². The molecule has 0 fully saturated rings. The Morgan fingerprint density at radius 1 is 0.253 bits per heavy atom. The molecule has 2 unspecified atom stereocenters. The number of ether oxygens (including phenoxy) is 3. The average molecular weight is 2030 g/mol. The lowest BCUT2D eigenvalue weighted by Crippen LogP contribution is -2.30. The van der Waals surface area contributed by atoms with Crippen LogP contribution in [-0.2, 0) is 60.7 Å². The second kappa shape index (κ2) is 42.6. The first-order valence-corrected chi connectivity index (χ1v) is 49.3. The fourth-order valence-electron chi connectivity index (χ4n) is 21.8. The highest BCUT2D eigenvalue weighted by Gasteiger charge is 2.53. The number of para-hydroxylation sites is 2. The summed E-state index contributed by atoms with van der Waals surface area (Å²) in [5.41, 5.74) is 8.76. The van der Waals surface area contributed by atoms with E-state index in [1.54, 1.807) is 109 Å². The van der Waals surface area contributed by atoms with Crippen molar-refractivity contribution < 1.29 is 96.6 Å². The average Bonchev–Trinajstić information content (AvgIpc) is 1.53. The lowest BCUT2D eigenvalue weighted by atomic mass is 9.66. The second-order valence-corrected chi connectivity index (χ2v) is 38.2. The van der Waals surface area contributed by atoms with Crippen LogP contribution in [0.25, 0.3) is 55.6 Å². The number of fused-ring (bicyclic) bond motifs is 9. The number of carbonyl (C=O) groups excluding carboxylic acids is 3. The molecule has 0 heterocycles. The number of hydrogen-bond donors (Lipinski definition) is 3. The topological polar surface area (TPSA) is 146 Å². The van der Waals surface area contributed by atoms with Gasteiger partial charge >= 0.3 is 24.7 Å². The van der Waals surface area contributed by atoms with E-state index in [-0.39, 0.29) is 58.1 Å². The van der Waals surface area contributed by atoms with Gasteiger partial charge in [0.05, 0.1) is 33.1 Å². The van der Waals surface area contributed by atoms with Crippen LogP contribution in [0.3, 0.4) is 0 Å². The van der Waals surface area contributed by atoms with Crippen LogP contribution < -0.4 is 24.0 Å². The van der Waals surface area contributed by atoms with Gasteiger partial charge in [-0.05, 0) is 341 Å². The highest BCUT2D eigenvalue weighted by Crippen LogP contribution is 2.63. The molecule has 0 saturated carbocycles. The van der Waals surface area contributed by atoms with Crippen molar-refractivity contribution in [1.82, 2.24) is 0 Å². The summed E-state index contributed by atoms with van der Waals surface area (Å²) in [4.78, 5) is 36.8. The highest BCUT2D eigenvalue weighted by molar-refractivity contribution is 5.94. The third-order valence-corrected chi connectivity index (χ3v) is 29.0. The quantitative estimate of drug-likeness (QED) is 0.0225. The van der Waals surface area contributed by atoms with Crippen LogP contribution in [0.2, 0.25) is 0 Å². The number of anilines is 6. The molecule has 0 spiro atoms. The van der Waals surface area contributed by atoms with Crippen molar-refractivity contribution in [2.75, 3.05) is 9.80 Å². The largest absolute Gasteiger partial charge is 0.508 e. The molecule has 0 amide bonds. The number of benzene rings is 17. The number of phenols is 3. The summed E-state index contributed by atoms with van der Waals surface area (Å²) >= 11 is 0. The Kier molecular flexibility index (Phi) is 29.4. The first-order chi connectivity index (χ1) is 72.1. The van der Waals surface area contributed by atoms with Crippen molar-refractivity contribution in [3.63, 3.8) is 0 Å². The first-order valence-electron chi connectivity index (χ1n) is 49.3. The van der Waals surface area contributed by atoms with E-state index in [2.05, 4.69) is 110 Å². The Labute approximate surface area is 860 Å². The van der Waals surface area contributed by atoms with Crippen LogP contribution >= 0.6 is 0 Å². The van der Waals surface area contributed by atoms with E-state index in [1.807, 2.05) is 133 Å². The maximum atomic E-state index is 15.0. The number of alkyl halides is 12. The lowest BCUT2D eigenvalue weighted by Gasteiger charge is -2.35. The zero-order valence-electron chi connectivity index (χ0n) is 82.0. The second-order valence-electron chi connectivity index (χ2n) is 38.2. The maximum Gasteiger partial charge on any atom is 0.416 e. The third-order valence-electron chi connectivity index (χ3n) is 29.0. The zero-order chi connectivity index (χ0) is 106. The molecular formula is C127H102F12N2O9. The number of rotatable bonds is 30. The Bertz CT molecular complexity index is 7660. The number of hydrogen-bond acceptors (Lipinski definition) is 11. The molecule has 17 aromatic rings. The van der Waals surface area contributed by atoms with Gasteiger partial charge in [-0.1, -0.05) is 261 Å². The molecule has 11 nitrogen and oxygen atoms in total. The number of phenolic OH excluding ortho intramolecular Hbond substituents is 3. The summed E-state index contributed by atoms with van der Waals surface area (Å²) in [6.07, 6.45) is -11.8. The third kappa shape index (κ3) is 20.4. The summed E-state index contributed by atoms with van der Waals surface area (Å²) in [7, 11) is 0. The Hall–Kier alpha value is -16.7. The normalized spacial score (nSPS) is 14.5. The molecule has 3 aliphatic rings. The molecule has 0 bridgehead atoms. The van der Waals surface area contributed by atoms with Gasteiger partial charge in [0.25, 0.3) is 19.4 Å². The summed E-state index contributed by atoms with van der Waals surface area (Å²) in [5, 5.41) is 29.8. The van der Waals surface area contributed by atoms with Gasteiger partial charge in [-0.2, -0.15) is 52.7 Å². The van der Waals surface area contributed by atoms with E-state index in [4.69, 9.17) is 14.2 Å². The van der Waals surface area contributed by atoms with Gasteiger partial charge in [0.15, 0.2) is 0 Å². The van der Waals surface area contributed by atoms with Crippen LogP contribution in [0.1, 0.15) is 181 Å². The van der Waals surface area contributed by atoms with Crippen molar-refractivity contribution in [1.29, 1.82) is 0 Å². The SMILES string of the molecule is CC(C)(c1ccc(O)cc1)c1ccc(OC=O)cc1.CCCCCCC1(CCCCCC)c2cc(-c3ccc4c(c3)C(c3ccc(O)cc3)(c3cc(C(F)(F)F)cc(C(F)(F)F)c3)c3ccccc3-4)ccc2-c2ccc(-c3ccc4c(c3)C(c3ccc(OC=O)cc3)(c3cc(C(F)(F)F)cc(C(F)(F)F)c3)c3ccccc3-4)cc21.O=COc1ccc(N(c2ccccc2)c2ccc(N(c3ccccc3)c3ccc(O)cc3)cc2)cc1. The number of aromatic hydroxyl groups is 3. The molecular weight excluding hydrogens is 1930 g/mol. The predicted octanol–water partition coefficient (Wildman–Crippen LogP) is 34.4. The van der Waals surface area contributed by atoms with Crippen LogP contribution in [0.4, 0.5) is 86.8 Å². The van der Waals surface area contributed by atoms with Crippen molar-refractivity contribution in [3.8, 4) is 90.1 Å². The molecule has 17 aromatic carbocycles. The van der Waals surface area contributed by atoms with Gasteiger partial charge in [-0.15, -0.1) is 0 Å². The smallest absolute Gasteiger partial charge is 0.416 e. The summed E-state index contributed by atoms with van der Waals surface area (Å²) < 4.78 is 195. The van der Waals surface area contributed by atoms with E-state index in [9.17, 15) is 56.0 Å². The maximum absolute atomic E-state index is 15.0. The molecule has 0 radical (unpaired) electrons. The summed E-state index contributed by atoms with van der Waals surface area (Å²) in [5.74, 6) is 1.45. The molecule has 0 aromatic heterocycles. The monoisotopic (exact) mass is 2030 g/mol. The van der Waals surface area contributed by atoms with Crippen molar-refractivity contribution >= 4 is 53.5 Å². The highest BCUT2D eigenvalue weighted by atomic mass is 19.4. The van der Waals surface area contributed by atoms with Crippen LogP contribution in [0, 0.1) is 0 Å². The van der Waals surface area contributed by atoms with Crippen LogP contribution in [-0.4, -0.2) is 34.7 Å². The molecule has 20 rings (SSSR count). The van der Waals surface area contributed by atoms with Crippen LogP contribution in [0.5, 0.6) is 34.5 Å². The number of nitrogens with zero attached hydrogens (tertiary/aromatic N) is 2. The summed E-state index contributed by atoms with van der Waals surface area (Å²) in [6.45, 7) is 9.54. The van der Waals surface area contributed by atoms with Gasteiger partial charge in [0.1, 0.15) is 34.5 Å². The van der Waals surface area contributed by atoms with Gasteiger partial charge in [0.2, 0.25) is 0 Å². The molecule has 3 N–H and O–H groups in total. The molecule has 23 heteroatoms. The standard InChI is InChI=1S/C80H62F12O3.C31H24N2O3.C16H16O3/c1-3-5-7-13-35-74(36-14-8-6-4-2)70-37-48(50-21-33-66-62-15-9-11-17-68(62)75(72(66)39-50,52-23-27-60(94)28-24-52)54-41-56(77(81,82)83)45-57(42-54)78(84,85)86)19-31-64(70)65-32-20-49(38-71(65)74)51-22-34-67-63-16-10-12-18-69(63)76(73(67)40-51,53-25-29-61(30-26-53)95-47-93)55-43-58(79(87,88)89)46-59(44-55)80(90,91)92;34-23-36-31-21-17-29(18-22-31)33(25-9-5-2-6-10-25)27-13-11-26(12-14-27)32(24-7-3-1-4-8-24)28-15-19-30(35)20-16-28;1-16(2,12-3-7-14(18)8-4-12)13-5-9-15(10-6-13)19-11-17/h9-12,15-34,37-47,94H,3-8,13-14,35-36H2,1-2H3;1-23,35H;3-11,18H,1-2H3. The van der Waals surface area contributed by atoms with Crippen LogP contribution in [0.15, 0.2) is 388 Å². The first kappa shape index (κ1) is 103. The van der Waals surface area contributed by atoms with Gasteiger partial charge < -0.3 is 39.3 Å². The molecule has 3 aliphatic carbocycles. The fraction of sp³-hybridized carbons (Fsp3) is 0.173. The van der Waals surface area contributed by atoms with Gasteiger partial charge in [0, 0.05) is 45.0 Å². The van der Waals surface area contributed by atoms with E-state index in [1.165, 1.54) is 36.4 Å².